The van der Waals surface area contributed by atoms with Gasteiger partial charge in [0.2, 0.25) is 11.9 Å². The van der Waals surface area contributed by atoms with E-state index in [9.17, 15) is 9.90 Å². The summed E-state index contributed by atoms with van der Waals surface area (Å²) in [6.45, 7) is 0.475. The molecule has 0 spiro atoms. The van der Waals surface area contributed by atoms with Crippen LogP contribution in [0.25, 0.3) is 0 Å². The minimum Gasteiger partial charge on any atom is -0.398 e. The highest BCUT2D eigenvalue weighted by molar-refractivity contribution is 5.94. The van der Waals surface area contributed by atoms with Crippen molar-refractivity contribution in [3.63, 3.8) is 0 Å². The Morgan fingerprint density at radius 1 is 1.23 bits per heavy atom. The summed E-state index contributed by atoms with van der Waals surface area (Å²) in [4.78, 5) is 22.1. The third-order valence-electron chi connectivity index (χ3n) is 4.41. The predicted octanol–water partition coefficient (Wildman–Crippen LogP) is 2.42. The zero-order valence-corrected chi connectivity index (χ0v) is 16.2. The predicted molar refractivity (Wildman–Crippen MR) is 118 cm³/mol. The molecule has 3 aromatic rings. The molecule has 1 heterocycles. The van der Waals surface area contributed by atoms with Crippen molar-refractivity contribution in [2.75, 3.05) is 29.1 Å². The summed E-state index contributed by atoms with van der Waals surface area (Å²) in [5.41, 5.74) is 14.1. The Hall–Kier alpha value is -3.98. The van der Waals surface area contributed by atoms with Crippen LogP contribution in [-0.2, 0) is 0 Å². The maximum Gasteiger partial charge on any atom is 0.248 e. The second kappa shape index (κ2) is 9.48. The highest BCUT2D eigenvalue weighted by Gasteiger charge is 2.16. The highest BCUT2D eigenvalue weighted by atomic mass is 16.3. The summed E-state index contributed by atoms with van der Waals surface area (Å²) in [5, 5.41) is 20.1. The van der Waals surface area contributed by atoms with Crippen LogP contribution in [0.4, 0.5) is 28.8 Å². The van der Waals surface area contributed by atoms with Crippen LogP contribution in [0.1, 0.15) is 22.3 Å². The van der Waals surface area contributed by atoms with Gasteiger partial charge in [-0.1, -0.05) is 12.1 Å². The Morgan fingerprint density at radius 2 is 2.03 bits per heavy atom. The number of anilines is 5. The number of aliphatic hydroxyl groups is 1. The highest BCUT2D eigenvalue weighted by Crippen LogP contribution is 2.30. The molecule has 2 aromatic carbocycles. The molecule has 154 valence electrons. The van der Waals surface area contributed by atoms with E-state index < -0.39 is 5.91 Å². The largest absolute Gasteiger partial charge is 0.398 e. The van der Waals surface area contributed by atoms with Crippen molar-refractivity contribution in [1.29, 1.82) is 5.41 Å². The van der Waals surface area contributed by atoms with Crippen molar-refractivity contribution in [2.45, 2.75) is 6.42 Å². The van der Waals surface area contributed by atoms with E-state index in [0.29, 0.717) is 52.9 Å². The first-order chi connectivity index (χ1) is 14.5. The molecular formula is C21H23N7O2. The van der Waals surface area contributed by atoms with Gasteiger partial charge < -0.3 is 32.2 Å². The van der Waals surface area contributed by atoms with E-state index in [4.69, 9.17) is 16.9 Å². The number of aliphatic hydroxyl groups excluding tert-OH is 1. The van der Waals surface area contributed by atoms with Crippen LogP contribution in [0.2, 0.25) is 0 Å². The molecular weight excluding hydrogens is 382 g/mol. The fourth-order valence-electron chi connectivity index (χ4n) is 2.99. The molecule has 0 aliphatic carbocycles. The smallest absolute Gasteiger partial charge is 0.248 e. The number of benzene rings is 2. The Balaban J connectivity index is 1.96. The number of hydrogen-bond acceptors (Lipinski definition) is 8. The van der Waals surface area contributed by atoms with Crippen molar-refractivity contribution in [3.8, 4) is 0 Å². The lowest BCUT2D eigenvalue weighted by molar-refractivity contribution is 0.100. The lowest BCUT2D eigenvalue weighted by Gasteiger charge is -2.26. The number of rotatable bonds is 9. The monoisotopic (exact) mass is 405 g/mol. The maximum absolute atomic E-state index is 11.4. The van der Waals surface area contributed by atoms with E-state index >= 15 is 0 Å². The number of nitrogens with two attached hydrogens (primary N) is 2. The summed E-state index contributed by atoms with van der Waals surface area (Å²) < 4.78 is 0. The zero-order valence-electron chi connectivity index (χ0n) is 16.2. The lowest BCUT2D eigenvalue weighted by Crippen LogP contribution is -2.22. The van der Waals surface area contributed by atoms with Gasteiger partial charge in [-0.2, -0.15) is 4.98 Å². The Kier molecular flexibility index (Phi) is 6.56. The number of aromatic nitrogens is 2. The molecule has 0 aliphatic rings. The molecule has 9 heteroatoms. The minimum absolute atomic E-state index is 0.00877. The van der Waals surface area contributed by atoms with Gasteiger partial charge in [0.15, 0.2) is 0 Å². The summed E-state index contributed by atoms with van der Waals surface area (Å²) in [7, 11) is 0. The first-order valence-corrected chi connectivity index (χ1v) is 9.30. The van der Waals surface area contributed by atoms with Gasteiger partial charge in [-0.05, 0) is 42.8 Å². The average Bonchev–Trinajstić information content (AvgIpc) is 2.74. The SMILES string of the molecule is N=Cc1c(N)cccc1N(CCCO)c1ccnc(Nc2cccc(C(N)=O)c2)n1. The molecule has 30 heavy (non-hydrogen) atoms. The summed E-state index contributed by atoms with van der Waals surface area (Å²) in [6, 6.07) is 13.8. The van der Waals surface area contributed by atoms with Crippen LogP contribution in [0, 0.1) is 5.41 Å². The number of nitrogens with zero attached hydrogens (tertiary/aromatic N) is 3. The van der Waals surface area contributed by atoms with Gasteiger partial charge in [0.05, 0.1) is 5.69 Å². The molecule has 0 atom stereocenters. The molecule has 0 radical (unpaired) electrons. The first-order valence-electron chi connectivity index (χ1n) is 9.30. The van der Waals surface area contributed by atoms with Crippen LogP contribution < -0.4 is 21.7 Å². The Morgan fingerprint density at radius 3 is 2.77 bits per heavy atom. The average molecular weight is 405 g/mol. The fraction of sp³-hybridized carbons (Fsp3) is 0.143. The van der Waals surface area contributed by atoms with Crippen molar-refractivity contribution < 1.29 is 9.90 Å². The number of primary amides is 1. The number of carbonyl (C=O) groups excluding carboxylic acids is 1. The summed E-state index contributed by atoms with van der Waals surface area (Å²) >= 11 is 0. The van der Waals surface area contributed by atoms with Gasteiger partial charge in [0.1, 0.15) is 5.82 Å². The Labute approximate surface area is 173 Å². The van der Waals surface area contributed by atoms with Crippen LogP contribution in [0.3, 0.4) is 0 Å². The first kappa shape index (κ1) is 20.7. The molecule has 3 rings (SSSR count). The van der Waals surface area contributed by atoms with E-state index in [1.165, 1.54) is 6.21 Å². The number of nitrogens with one attached hydrogen (secondary N) is 2. The van der Waals surface area contributed by atoms with E-state index in [1.54, 1.807) is 48.7 Å². The third-order valence-corrected chi connectivity index (χ3v) is 4.41. The summed E-state index contributed by atoms with van der Waals surface area (Å²) in [5.74, 6) is 0.369. The molecule has 0 aliphatic heterocycles. The minimum atomic E-state index is -0.524. The lowest BCUT2D eigenvalue weighted by atomic mass is 10.1. The van der Waals surface area contributed by atoms with Gasteiger partial charge >= 0.3 is 0 Å². The number of hydrogen-bond donors (Lipinski definition) is 5. The maximum atomic E-state index is 11.4. The molecule has 1 aromatic heterocycles. The number of carbonyl (C=O) groups is 1. The Bertz CT molecular complexity index is 1060. The molecule has 0 bridgehead atoms. The molecule has 0 unspecified atom stereocenters. The third kappa shape index (κ3) is 4.70. The van der Waals surface area contributed by atoms with Crippen LogP contribution in [0.15, 0.2) is 54.7 Å². The van der Waals surface area contributed by atoms with Crippen molar-refractivity contribution in [1.82, 2.24) is 9.97 Å². The van der Waals surface area contributed by atoms with Crippen molar-refractivity contribution >= 4 is 41.0 Å². The van der Waals surface area contributed by atoms with Crippen LogP contribution in [0.5, 0.6) is 0 Å². The van der Waals surface area contributed by atoms with E-state index in [0.717, 1.165) is 0 Å². The van der Waals surface area contributed by atoms with Gasteiger partial charge in [0, 0.05) is 48.1 Å². The standard InChI is InChI=1S/C21H23N7O2/c22-13-16-17(23)6-2-7-18(16)28(10-3-11-29)19-8-9-25-21(27-19)26-15-5-1-4-14(12-15)20(24)30/h1-2,4-9,12-13,22,29H,3,10-11,23H2,(H2,24,30)(H,25,26,27). The molecule has 0 saturated heterocycles. The second-order valence-corrected chi connectivity index (χ2v) is 6.46. The van der Waals surface area contributed by atoms with Crippen molar-refractivity contribution in [2.24, 2.45) is 5.73 Å². The fourth-order valence-corrected chi connectivity index (χ4v) is 2.99. The second-order valence-electron chi connectivity index (χ2n) is 6.46. The number of nitrogen functional groups attached to an aromatic ring is 1. The van der Waals surface area contributed by atoms with Crippen LogP contribution >= 0.6 is 0 Å². The zero-order chi connectivity index (χ0) is 21.5. The number of amides is 1. The molecule has 9 nitrogen and oxygen atoms in total. The quantitative estimate of drug-likeness (QED) is 0.270. The normalized spacial score (nSPS) is 10.4. The van der Waals surface area contributed by atoms with E-state index in [1.807, 2.05) is 11.0 Å². The molecule has 0 fully saturated rings. The van der Waals surface area contributed by atoms with Crippen molar-refractivity contribution in [3.05, 3.63) is 65.9 Å². The molecule has 7 N–H and O–H groups in total. The van der Waals surface area contributed by atoms with E-state index in [2.05, 4.69) is 15.3 Å². The van der Waals surface area contributed by atoms with Gasteiger partial charge in [-0.3, -0.25) is 4.79 Å². The molecule has 0 saturated carbocycles. The van der Waals surface area contributed by atoms with Gasteiger partial charge in [-0.15, -0.1) is 0 Å². The molecule has 1 amide bonds. The van der Waals surface area contributed by atoms with Gasteiger partial charge in [-0.25, -0.2) is 4.98 Å². The van der Waals surface area contributed by atoms with Crippen LogP contribution in [-0.4, -0.2) is 40.3 Å². The summed E-state index contributed by atoms with van der Waals surface area (Å²) in [6.07, 6.45) is 3.30. The van der Waals surface area contributed by atoms with Gasteiger partial charge in [0.25, 0.3) is 0 Å². The topological polar surface area (TPSA) is 154 Å². The van der Waals surface area contributed by atoms with E-state index in [-0.39, 0.29) is 6.61 Å².